The molecule has 0 N–H and O–H groups in total. The van der Waals surface area contributed by atoms with Crippen molar-refractivity contribution in [2.45, 2.75) is 49.1 Å². The second-order valence-corrected chi connectivity index (χ2v) is 9.27. The molecule has 1 amide bonds. The quantitative estimate of drug-likeness (QED) is 0.692. The number of thioether (sulfide) groups is 1. The van der Waals surface area contributed by atoms with Crippen molar-refractivity contribution in [3.05, 3.63) is 35.9 Å². The van der Waals surface area contributed by atoms with Crippen LogP contribution in [0.1, 0.15) is 49.5 Å². The summed E-state index contributed by atoms with van der Waals surface area (Å²) in [6.45, 7) is 4.40. The molecule has 28 heavy (non-hydrogen) atoms. The number of rotatable bonds is 6. The number of amides is 1. The molecule has 2 heterocycles. The van der Waals surface area contributed by atoms with E-state index in [1.807, 2.05) is 44.4 Å². The van der Waals surface area contributed by atoms with Crippen molar-refractivity contribution >= 4 is 23.6 Å². The molecule has 1 saturated heterocycles. The number of nitrogens with zero attached hydrogens (tertiary/aromatic N) is 5. The van der Waals surface area contributed by atoms with Gasteiger partial charge in [-0.1, -0.05) is 49.0 Å². The SMILES string of the molecule is CC1CCN(c2nnc(SC(C(=O)N(C)C)c3ccccc3)n2C2CC2)CC1. The molecule has 0 radical (unpaired) electrons. The maximum atomic E-state index is 12.9. The van der Waals surface area contributed by atoms with E-state index in [0.717, 1.165) is 35.7 Å². The molecule has 150 valence electrons. The highest BCUT2D eigenvalue weighted by molar-refractivity contribution is 8.00. The first-order valence-electron chi connectivity index (χ1n) is 10.2. The Balaban J connectivity index is 1.63. The van der Waals surface area contributed by atoms with Gasteiger partial charge in [-0.2, -0.15) is 0 Å². The normalized spacial score (nSPS) is 18.9. The van der Waals surface area contributed by atoms with Crippen molar-refractivity contribution in [3.63, 3.8) is 0 Å². The van der Waals surface area contributed by atoms with Crippen molar-refractivity contribution in [2.24, 2.45) is 5.92 Å². The van der Waals surface area contributed by atoms with Crippen LogP contribution in [0.5, 0.6) is 0 Å². The van der Waals surface area contributed by atoms with E-state index in [-0.39, 0.29) is 11.2 Å². The summed E-state index contributed by atoms with van der Waals surface area (Å²) in [7, 11) is 3.62. The van der Waals surface area contributed by atoms with Gasteiger partial charge in [-0.25, -0.2) is 0 Å². The van der Waals surface area contributed by atoms with Crippen molar-refractivity contribution in [2.75, 3.05) is 32.1 Å². The molecule has 0 spiro atoms. The fourth-order valence-electron chi connectivity index (χ4n) is 3.65. The predicted octanol–water partition coefficient (Wildman–Crippen LogP) is 3.77. The Labute approximate surface area is 171 Å². The van der Waals surface area contributed by atoms with Crippen molar-refractivity contribution in [1.82, 2.24) is 19.7 Å². The Hall–Kier alpha value is -2.02. The Morgan fingerprint density at radius 2 is 1.79 bits per heavy atom. The fourth-order valence-corrected chi connectivity index (χ4v) is 4.90. The van der Waals surface area contributed by atoms with Crippen LogP contribution in [0.15, 0.2) is 35.5 Å². The lowest BCUT2D eigenvalue weighted by Crippen LogP contribution is -2.34. The molecular formula is C21H29N5OS. The number of hydrogen-bond donors (Lipinski definition) is 0. The molecule has 1 aliphatic carbocycles. The summed E-state index contributed by atoms with van der Waals surface area (Å²) in [6, 6.07) is 10.5. The first-order chi connectivity index (χ1) is 13.5. The average Bonchev–Trinajstić information content (AvgIpc) is 3.46. The third-order valence-electron chi connectivity index (χ3n) is 5.62. The highest BCUT2D eigenvalue weighted by Crippen LogP contribution is 2.44. The van der Waals surface area contributed by atoms with Gasteiger partial charge in [-0.3, -0.25) is 9.36 Å². The third-order valence-corrected chi connectivity index (χ3v) is 6.81. The van der Waals surface area contributed by atoms with Gasteiger partial charge in [0.05, 0.1) is 0 Å². The van der Waals surface area contributed by atoms with Gasteiger partial charge in [0.1, 0.15) is 5.25 Å². The highest BCUT2D eigenvalue weighted by Gasteiger charge is 2.35. The number of hydrogen-bond acceptors (Lipinski definition) is 5. The van der Waals surface area contributed by atoms with Gasteiger partial charge in [-0.15, -0.1) is 10.2 Å². The summed E-state index contributed by atoms with van der Waals surface area (Å²) >= 11 is 1.53. The molecule has 1 aromatic carbocycles. The topological polar surface area (TPSA) is 54.3 Å². The lowest BCUT2D eigenvalue weighted by Gasteiger charge is -2.31. The van der Waals surface area contributed by atoms with E-state index in [2.05, 4.69) is 26.6 Å². The van der Waals surface area contributed by atoms with E-state index >= 15 is 0 Å². The molecule has 4 rings (SSSR count). The summed E-state index contributed by atoms with van der Waals surface area (Å²) < 4.78 is 2.29. The average molecular weight is 400 g/mol. The zero-order valence-corrected chi connectivity index (χ0v) is 17.7. The van der Waals surface area contributed by atoms with Crippen LogP contribution in [-0.4, -0.2) is 52.8 Å². The molecule has 2 aromatic rings. The first kappa shape index (κ1) is 19.3. The number of anilines is 1. The van der Waals surface area contributed by atoms with Gasteiger partial charge in [0, 0.05) is 33.2 Å². The van der Waals surface area contributed by atoms with E-state index in [1.54, 1.807) is 4.90 Å². The van der Waals surface area contributed by atoms with Crippen LogP contribution in [0.4, 0.5) is 5.95 Å². The van der Waals surface area contributed by atoms with Crippen LogP contribution in [0.3, 0.4) is 0 Å². The van der Waals surface area contributed by atoms with E-state index in [4.69, 9.17) is 0 Å². The van der Waals surface area contributed by atoms with Gasteiger partial charge < -0.3 is 9.80 Å². The number of aromatic nitrogens is 3. The summed E-state index contributed by atoms with van der Waals surface area (Å²) in [5.74, 6) is 1.85. The lowest BCUT2D eigenvalue weighted by atomic mass is 10.00. The molecule has 1 aliphatic heterocycles. The second kappa shape index (κ2) is 8.15. The molecule has 2 fully saturated rings. The highest BCUT2D eigenvalue weighted by atomic mass is 32.2. The van der Waals surface area contributed by atoms with Gasteiger partial charge in [0.2, 0.25) is 11.9 Å². The van der Waals surface area contributed by atoms with Crippen molar-refractivity contribution in [3.8, 4) is 0 Å². The molecule has 2 aliphatic rings. The summed E-state index contributed by atoms with van der Waals surface area (Å²) in [5.41, 5.74) is 1.00. The minimum absolute atomic E-state index is 0.0786. The number of carbonyl (C=O) groups is 1. The summed E-state index contributed by atoms with van der Waals surface area (Å²) in [4.78, 5) is 17.0. The van der Waals surface area contributed by atoms with E-state index in [1.165, 1.54) is 37.4 Å². The molecule has 1 atom stereocenters. The van der Waals surface area contributed by atoms with Gasteiger partial charge >= 0.3 is 0 Å². The Morgan fingerprint density at radius 1 is 1.11 bits per heavy atom. The zero-order chi connectivity index (χ0) is 19.7. The lowest BCUT2D eigenvalue weighted by molar-refractivity contribution is -0.128. The van der Waals surface area contributed by atoms with Crippen LogP contribution < -0.4 is 4.90 Å². The molecule has 6 nitrogen and oxygen atoms in total. The maximum Gasteiger partial charge on any atom is 0.240 e. The van der Waals surface area contributed by atoms with Crippen LogP contribution in [0.25, 0.3) is 0 Å². The van der Waals surface area contributed by atoms with Gasteiger partial charge in [0.25, 0.3) is 0 Å². The number of likely N-dealkylation sites (N-methyl/N-ethyl adjacent to an activating group) is 1. The fraction of sp³-hybridized carbons (Fsp3) is 0.571. The maximum absolute atomic E-state index is 12.9. The van der Waals surface area contributed by atoms with Crippen LogP contribution in [0.2, 0.25) is 0 Å². The summed E-state index contributed by atoms with van der Waals surface area (Å²) in [5, 5.41) is 9.66. The first-order valence-corrected chi connectivity index (χ1v) is 11.0. The molecule has 0 bridgehead atoms. The van der Waals surface area contributed by atoms with E-state index in [0.29, 0.717) is 6.04 Å². The van der Waals surface area contributed by atoms with Gasteiger partial charge in [0.15, 0.2) is 5.16 Å². The standard InChI is InChI=1S/C21H29N5OS/c1-15-11-13-25(14-12-15)20-22-23-21(26(20)17-9-10-17)28-18(19(27)24(2)3)16-7-5-4-6-8-16/h4-8,15,17-18H,9-14H2,1-3H3. The monoisotopic (exact) mass is 399 g/mol. The minimum atomic E-state index is -0.313. The molecule has 1 unspecified atom stereocenters. The Kier molecular flexibility index (Phi) is 5.62. The van der Waals surface area contributed by atoms with E-state index in [9.17, 15) is 4.79 Å². The van der Waals surface area contributed by atoms with Crippen LogP contribution >= 0.6 is 11.8 Å². The summed E-state index contributed by atoms with van der Waals surface area (Å²) in [6.07, 6.45) is 4.73. The predicted molar refractivity (Wildman–Crippen MR) is 113 cm³/mol. The second-order valence-electron chi connectivity index (χ2n) is 8.19. The van der Waals surface area contributed by atoms with Crippen molar-refractivity contribution in [1.29, 1.82) is 0 Å². The van der Waals surface area contributed by atoms with Gasteiger partial charge in [-0.05, 0) is 37.2 Å². The molecule has 7 heteroatoms. The zero-order valence-electron chi connectivity index (χ0n) is 16.9. The number of carbonyl (C=O) groups excluding carboxylic acids is 1. The molecular weight excluding hydrogens is 370 g/mol. The largest absolute Gasteiger partial charge is 0.348 e. The minimum Gasteiger partial charge on any atom is -0.348 e. The van der Waals surface area contributed by atoms with E-state index < -0.39 is 0 Å². The molecule has 1 saturated carbocycles. The van der Waals surface area contributed by atoms with Crippen LogP contribution in [0, 0.1) is 5.92 Å². The third kappa shape index (κ3) is 4.04. The smallest absolute Gasteiger partial charge is 0.240 e. The number of piperidine rings is 1. The van der Waals surface area contributed by atoms with Crippen molar-refractivity contribution < 1.29 is 4.79 Å². The molecule has 1 aromatic heterocycles. The van der Waals surface area contributed by atoms with Crippen LogP contribution in [-0.2, 0) is 4.79 Å². The Morgan fingerprint density at radius 3 is 2.39 bits per heavy atom. The Bertz CT molecular complexity index is 809. The number of benzene rings is 1.